The Morgan fingerprint density at radius 2 is 1.29 bits per heavy atom. The zero-order valence-electron chi connectivity index (χ0n) is 11.9. The van der Waals surface area contributed by atoms with Crippen molar-refractivity contribution in [2.24, 2.45) is 0 Å². The molecule has 0 aromatic rings. The van der Waals surface area contributed by atoms with Crippen LogP contribution in [0.15, 0.2) is 25.3 Å². The van der Waals surface area contributed by atoms with Crippen molar-refractivity contribution < 1.29 is 34.0 Å². The SMILES string of the molecule is C=CC(=O)OCCC(CO)OC(CO)CCOC(=O)C=C. The second kappa shape index (κ2) is 12.1. The molecule has 0 saturated heterocycles. The van der Waals surface area contributed by atoms with Crippen molar-refractivity contribution >= 4 is 11.9 Å². The van der Waals surface area contributed by atoms with Crippen LogP contribution in [0, 0.1) is 0 Å². The van der Waals surface area contributed by atoms with Crippen LogP contribution < -0.4 is 0 Å². The number of hydrogen-bond donors (Lipinski definition) is 2. The van der Waals surface area contributed by atoms with Gasteiger partial charge in [0.25, 0.3) is 0 Å². The van der Waals surface area contributed by atoms with Gasteiger partial charge in [-0.25, -0.2) is 9.59 Å². The molecule has 0 aliphatic heterocycles. The quantitative estimate of drug-likeness (QED) is 0.385. The molecule has 21 heavy (non-hydrogen) atoms. The maximum absolute atomic E-state index is 10.9. The number of esters is 2. The fraction of sp³-hybridized carbons (Fsp3) is 0.571. The lowest BCUT2D eigenvalue weighted by Gasteiger charge is -2.22. The molecule has 0 bridgehead atoms. The monoisotopic (exact) mass is 302 g/mol. The zero-order valence-corrected chi connectivity index (χ0v) is 11.9. The summed E-state index contributed by atoms with van der Waals surface area (Å²) in [5, 5.41) is 18.4. The summed E-state index contributed by atoms with van der Waals surface area (Å²) in [6.07, 6.45) is 1.46. The molecule has 2 atom stereocenters. The first-order valence-electron chi connectivity index (χ1n) is 6.52. The minimum atomic E-state index is -0.588. The second-order valence-corrected chi connectivity index (χ2v) is 4.07. The van der Waals surface area contributed by atoms with Crippen molar-refractivity contribution in [2.75, 3.05) is 26.4 Å². The minimum absolute atomic E-state index is 0.0691. The van der Waals surface area contributed by atoms with Crippen LogP contribution in [-0.4, -0.2) is 60.8 Å². The van der Waals surface area contributed by atoms with Gasteiger partial charge in [-0.3, -0.25) is 0 Å². The predicted octanol–water partition coefficient (Wildman–Crippen LogP) is -0.0366. The highest BCUT2D eigenvalue weighted by molar-refractivity contribution is 5.81. The Hall–Kier alpha value is -1.70. The van der Waals surface area contributed by atoms with Gasteiger partial charge in [0.15, 0.2) is 0 Å². The molecule has 0 rings (SSSR count). The molecule has 7 heteroatoms. The lowest BCUT2D eigenvalue weighted by Crippen LogP contribution is -2.30. The summed E-state index contributed by atoms with van der Waals surface area (Å²) in [6.45, 7) is 6.09. The van der Waals surface area contributed by atoms with E-state index in [0.717, 1.165) is 12.2 Å². The van der Waals surface area contributed by atoms with E-state index in [4.69, 9.17) is 14.2 Å². The van der Waals surface area contributed by atoms with Gasteiger partial charge in [0, 0.05) is 25.0 Å². The molecule has 0 aromatic carbocycles. The number of carbonyl (C=O) groups excluding carboxylic acids is 2. The van der Waals surface area contributed by atoms with Crippen LogP contribution in [0.2, 0.25) is 0 Å². The van der Waals surface area contributed by atoms with Gasteiger partial charge in [0.2, 0.25) is 0 Å². The molecule has 7 nitrogen and oxygen atoms in total. The van der Waals surface area contributed by atoms with Crippen molar-refractivity contribution in [1.29, 1.82) is 0 Å². The molecule has 0 aliphatic carbocycles. The summed E-state index contributed by atoms with van der Waals surface area (Å²) in [6, 6.07) is 0. The van der Waals surface area contributed by atoms with Gasteiger partial charge >= 0.3 is 11.9 Å². The van der Waals surface area contributed by atoms with Crippen LogP contribution in [0.3, 0.4) is 0 Å². The average molecular weight is 302 g/mol. The lowest BCUT2D eigenvalue weighted by molar-refractivity contribution is -0.140. The van der Waals surface area contributed by atoms with Gasteiger partial charge in [-0.1, -0.05) is 13.2 Å². The highest BCUT2D eigenvalue weighted by Gasteiger charge is 2.16. The second-order valence-electron chi connectivity index (χ2n) is 4.07. The molecule has 120 valence electrons. The van der Waals surface area contributed by atoms with E-state index in [-0.39, 0.29) is 39.3 Å². The van der Waals surface area contributed by atoms with Crippen molar-refractivity contribution in [3.63, 3.8) is 0 Å². The van der Waals surface area contributed by atoms with E-state index < -0.39 is 24.1 Å². The number of hydrogen-bond acceptors (Lipinski definition) is 7. The Bertz CT molecular complexity index is 308. The van der Waals surface area contributed by atoms with Gasteiger partial charge in [-0.2, -0.15) is 0 Å². The van der Waals surface area contributed by atoms with Crippen LogP contribution in [0.4, 0.5) is 0 Å². The lowest BCUT2D eigenvalue weighted by atomic mass is 10.2. The topological polar surface area (TPSA) is 102 Å². The van der Waals surface area contributed by atoms with E-state index in [1.54, 1.807) is 0 Å². The molecule has 0 radical (unpaired) electrons. The maximum atomic E-state index is 10.9. The Morgan fingerprint density at radius 1 is 0.905 bits per heavy atom. The molecule has 0 saturated carbocycles. The first-order valence-corrected chi connectivity index (χ1v) is 6.52. The minimum Gasteiger partial charge on any atom is -0.462 e. The normalized spacial score (nSPS) is 13.0. The fourth-order valence-corrected chi connectivity index (χ4v) is 1.38. The summed E-state index contributed by atoms with van der Waals surface area (Å²) in [7, 11) is 0. The van der Waals surface area contributed by atoms with Crippen molar-refractivity contribution in [2.45, 2.75) is 25.0 Å². The van der Waals surface area contributed by atoms with E-state index in [2.05, 4.69) is 13.2 Å². The van der Waals surface area contributed by atoms with E-state index >= 15 is 0 Å². The smallest absolute Gasteiger partial charge is 0.330 e. The third-order valence-electron chi connectivity index (χ3n) is 2.49. The highest BCUT2D eigenvalue weighted by Crippen LogP contribution is 2.07. The van der Waals surface area contributed by atoms with Crippen LogP contribution in [0.5, 0.6) is 0 Å². The van der Waals surface area contributed by atoms with Crippen LogP contribution in [-0.2, 0) is 23.8 Å². The van der Waals surface area contributed by atoms with Crippen molar-refractivity contribution in [3.8, 4) is 0 Å². The highest BCUT2D eigenvalue weighted by atomic mass is 16.5. The summed E-state index contributed by atoms with van der Waals surface area (Å²) in [4.78, 5) is 21.7. The fourth-order valence-electron chi connectivity index (χ4n) is 1.38. The number of aliphatic hydroxyl groups excluding tert-OH is 2. The van der Waals surface area contributed by atoms with E-state index in [9.17, 15) is 19.8 Å². The molecule has 0 spiro atoms. The first kappa shape index (κ1) is 19.3. The molecule has 0 aliphatic rings. The molecule has 2 N–H and O–H groups in total. The first-order chi connectivity index (χ1) is 10.1. The average Bonchev–Trinajstić information content (AvgIpc) is 2.51. The largest absolute Gasteiger partial charge is 0.462 e. The van der Waals surface area contributed by atoms with Crippen LogP contribution >= 0.6 is 0 Å². The Balaban J connectivity index is 4.04. The summed E-state index contributed by atoms with van der Waals surface area (Å²) >= 11 is 0. The van der Waals surface area contributed by atoms with Gasteiger partial charge in [0.1, 0.15) is 0 Å². The van der Waals surface area contributed by atoms with Gasteiger partial charge < -0.3 is 24.4 Å². The molecular weight excluding hydrogens is 280 g/mol. The van der Waals surface area contributed by atoms with E-state index in [1.165, 1.54) is 0 Å². The third-order valence-corrected chi connectivity index (χ3v) is 2.49. The van der Waals surface area contributed by atoms with Crippen LogP contribution in [0.25, 0.3) is 0 Å². The molecular formula is C14H22O7. The van der Waals surface area contributed by atoms with Gasteiger partial charge in [-0.15, -0.1) is 0 Å². The predicted molar refractivity (Wildman–Crippen MR) is 74.4 cm³/mol. The maximum Gasteiger partial charge on any atom is 0.330 e. The number of carbonyl (C=O) groups is 2. The Labute approximate surface area is 123 Å². The molecule has 0 amide bonds. The number of aliphatic hydroxyl groups is 2. The van der Waals surface area contributed by atoms with E-state index in [1.807, 2.05) is 0 Å². The number of rotatable bonds is 12. The third kappa shape index (κ3) is 9.78. The molecule has 0 heterocycles. The van der Waals surface area contributed by atoms with Crippen molar-refractivity contribution in [1.82, 2.24) is 0 Å². The van der Waals surface area contributed by atoms with Crippen LogP contribution in [0.1, 0.15) is 12.8 Å². The molecule has 0 aromatic heterocycles. The van der Waals surface area contributed by atoms with Gasteiger partial charge in [0.05, 0.1) is 38.6 Å². The van der Waals surface area contributed by atoms with Gasteiger partial charge in [-0.05, 0) is 0 Å². The standard InChI is InChI=1S/C14H22O7/c1-3-13(17)19-7-5-11(9-15)21-12(10-16)6-8-20-14(18)4-2/h3-4,11-12,15-16H,1-2,5-10H2. The Kier molecular flexibility index (Phi) is 11.1. The number of ether oxygens (including phenoxy) is 3. The summed E-state index contributed by atoms with van der Waals surface area (Å²) < 4.78 is 15.0. The van der Waals surface area contributed by atoms with E-state index in [0.29, 0.717) is 0 Å². The Morgan fingerprint density at radius 3 is 1.57 bits per heavy atom. The summed E-state index contributed by atoms with van der Waals surface area (Å²) in [5.41, 5.74) is 0. The van der Waals surface area contributed by atoms with Crippen molar-refractivity contribution in [3.05, 3.63) is 25.3 Å². The molecule has 2 unspecified atom stereocenters. The zero-order chi connectivity index (χ0) is 16.1. The molecule has 0 fully saturated rings. The summed E-state index contributed by atoms with van der Waals surface area (Å²) in [5.74, 6) is -1.11.